The van der Waals surface area contributed by atoms with Gasteiger partial charge in [0.25, 0.3) is 5.91 Å². The predicted molar refractivity (Wildman–Crippen MR) is 93.1 cm³/mol. The highest BCUT2D eigenvalue weighted by atomic mass is 19.4. The SMILES string of the molecule is CCCCc1nc2cc(C(=O)NC(c3ccccn3)C(F)(F)F)ccc2o1. The maximum atomic E-state index is 13.4. The van der Waals surface area contributed by atoms with Crippen LogP contribution in [0.3, 0.4) is 0 Å². The minimum Gasteiger partial charge on any atom is -0.441 e. The zero-order valence-corrected chi connectivity index (χ0v) is 14.6. The molecule has 0 saturated heterocycles. The molecule has 5 nitrogen and oxygen atoms in total. The number of hydrogen-bond acceptors (Lipinski definition) is 4. The van der Waals surface area contributed by atoms with Crippen molar-refractivity contribution in [3.63, 3.8) is 0 Å². The van der Waals surface area contributed by atoms with E-state index in [9.17, 15) is 18.0 Å². The van der Waals surface area contributed by atoms with E-state index >= 15 is 0 Å². The quantitative estimate of drug-likeness (QED) is 0.682. The Bertz CT molecular complexity index is 923. The van der Waals surface area contributed by atoms with Crippen molar-refractivity contribution < 1.29 is 22.4 Å². The van der Waals surface area contributed by atoms with Gasteiger partial charge in [-0.05, 0) is 36.8 Å². The van der Waals surface area contributed by atoms with E-state index in [0.29, 0.717) is 23.4 Å². The van der Waals surface area contributed by atoms with E-state index in [1.807, 2.05) is 12.2 Å². The highest BCUT2D eigenvalue weighted by Crippen LogP contribution is 2.32. The fourth-order valence-electron chi connectivity index (χ4n) is 2.64. The normalized spacial score (nSPS) is 12.9. The second-order valence-corrected chi connectivity index (χ2v) is 6.10. The first-order chi connectivity index (χ1) is 12.9. The van der Waals surface area contributed by atoms with Crippen LogP contribution in [0.5, 0.6) is 0 Å². The molecule has 2 heterocycles. The van der Waals surface area contributed by atoms with Crippen molar-refractivity contribution in [2.45, 2.75) is 38.4 Å². The van der Waals surface area contributed by atoms with E-state index < -0.39 is 18.1 Å². The van der Waals surface area contributed by atoms with Gasteiger partial charge in [0, 0.05) is 18.2 Å². The molecule has 142 valence electrons. The first-order valence-electron chi connectivity index (χ1n) is 8.56. The summed E-state index contributed by atoms with van der Waals surface area (Å²) in [7, 11) is 0. The summed E-state index contributed by atoms with van der Waals surface area (Å²) >= 11 is 0. The van der Waals surface area contributed by atoms with Crippen LogP contribution in [0.2, 0.25) is 0 Å². The van der Waals surface area contributed by atoms with Crippen LogP contribution in [0.15, 0.2) is 47.0 Å². The molecule has 0 aliphatic carbocycles. The van der Waals surface area contributed by atoms with Gasteiger partial charge in [-0.25, -0.2) is 4.98 Å². The molecular weight excluding hydrogens is 359 g/mol. The third-order valence-corrected chi connectivity index (χ3v) is 4.02. The van der Waals surface area contributed by atoms with Gasteiger partial charge in [0.15, 0.2) is 17.5 Å². The summed E-state index contributed by atoms with van der Waals surface area (Å²) in [6, 6.07) is 6.35. The maximum Gasteiger partial charge on any atom is 0.414 e. The van der Waals surface area contributed by atoms with Crippen molar-refractivity contribution >= 4 is 17.0 Å². The van der Waals surface area contributed by atoms with E-state index in [0.717, 1.165) is 12.8 Å². The highest BCUT2D eigenvalue weighted by molar-refractivity contribution is 5.97. The number of carbonyl (C=O) groups is 1. The molecule has 1 amide bonds. The number of fused-ring (bicyclic) bond motifs is 1. The molecule has 0 bridgehead atoms. The number of carbonyl (C=O) groups excluding carboxylic acids is 1. The summed E-state index contributed by atoms with van der Waals surface area (Å²) in [6.07, 6.45) is -0.854. The lowest BCUT2D eigenvalue weighted by Crippen LogP contribution is -2.38. The molecule has 1 N–H and O–H groups in total. The summed E-state index contributed by atoms with van der Waals surface area (Å²) in [5.74, 6) is -0.311. The van der Waals surface area contributed by atoms with E-state index in [-0.39, 0.29) is 11.3 Å². The van der Waals surface area contributed by atoms with Gasteiger partial charge >= 0.3 is 6.18 Å². The van der Waals surface area contributed by atoms with E-state index in [1.54, 1.807) is 0 Å². The van der Waals surface area contributed by atoms with Crippen LogP contribution in [-0.2, 0) is 6.42 Å². The number of rotatable bonds is 6. The van der Waals surface area contributed by atoms with Crippen LogP contribution in [0.1, 0.15) is 47.7 Å². The third kappa shape index (κ3) is 4.45. The fourth-order valence-corrected chi connectivity index (χ4v) is 2.64. The second kappa shape index (κ2) is 7.77. The number of aryl methyl sites for hydroxylation is 1. The minimum absolute atomic E-state index is 0.0722. The molecule has 0 fully saturated rings. The van der Waals surface area contributed by atoms with Crippen molar-refractivity contribution in [3.8, 4) is 0 Å². The van der Waals surface area contributed by atoms with Gasteiger partial charge in [0.05, 0.1) is 5.69 Å². The Kier molecular flexibility index (Phi) is 5.43. The molecule has 0 aliphatic rings. The molecule has 2 aromatic heterocycles. The topological polar surface area (TPSA) is 68.0 Å². The molecule has 8 heteroatoms. The molecule has 1 atom stereocenters. The van der Waals surface area contributed by atoms with E-state index in [2.05, 4.69) is 9.97 Å². The molecule has 0 radical (unpaired) electrons. The Hall–Kier alpha value is -2.90. The lowest BCUT2D eigenvalue weighted by molar-refractivity contribution is -0.156. The Balaban J connectivity index is 1.83. The molecule has 3 aromatic rings. The zero-order valence-electron chi connectivity index (χ0n) is 14.6. The second-order valence-electron chi connectivity index (χ2n) is 6.10. The molecule has 3 rings (SSSR count). The molecule has 1 aromatic carbocycles. The summed E-state index contributed by atoms with van der Waals surface area (Å²) in [4.78, 5) is 20.4. The first kappa shape index (κ1) is 18.9. The number of amides is 1. The molecule has 0 saturated carbocycles. The maximum absolute atomic E-state index is 13.4. The third-order valence-electron chi connectivity index (χ3n) is 4.02. The smallest absolute Gasteiger partial charge is 0.414 e. The van der Waals surface area contributed by atoms with Gasteiger partial charge in [-0.2, -0.15) is 13.2 Å². The Morgan fingerprint density at radius 3 is 2.74 bits per heavy atom. The monoisotopic (exact) mass is 377 g/mol. The standard InChI is InChI=1S/C19H18F3N3O2/c1-2-3-7-16-24-14-11-12(8-9-15(14)27-16)18(26)25-17(19(20,21)22)13-6-4-5-10-23-13/h4-6,8-11,17H,2-3,7H2,1H3,(H,25,26). The molecular formula is C19H18F3N3O2. The number of pyridine rings is 1. The Morgan fingerprint density at radius 2 is 2.07 bits per heavy atom. The number of alkyl halides is 3. The lowest BCUT2D eigenvalue weighted by atomic mass is 10.1. The van der Waals surface area contributed by atoms with Crippen molar-refractivity contribution in [2.75, 3.05) is 0 Å². The number of nitrogens with zero attached hydrogens (tertiary/aromatic N) is 2. The molecule has 27 heavy (non-hydrogen) atoms. The molecule has 0 spiro atoms. The number of halogens is 3. The number of nitrogens with one attached hydrogen (secondary N) is 1. The number of benzene rings is 1. The summed E-state index contributed by atoms with van der Waals surface area (Å²) in [5, 5.41) is 2.01. The lowest BCUT2D eigenvalue weighted by Gasteiger charge is -2.21. The van der Waals surface area contributed by atoms with Gasteiger partial charge in [0.1, 0.15) is 5.52 Å². The van der Waals surface area contributed by atoms with Crippen LogP contribution in [0, 0.1) is 0 Å². The van der Waals surface area contributed by atoms with Gasteiger partial charge in [-0.1, -0.05) is 19.4 Å². The largest absolute Gasteiger partial charge is 0.441 e. The number of oxazole rings is 1. The van der Waals surface area contributed by atoms with Gasteiger partial charge in [-0.3, -0.25) is 9.78 Å². The number of unbranched alkanes of at least 4 members (excludes halogenated alkanes) is 1. The molecule has 0 aliphatic heterocycles. The van der Waals surface area contributed by atoms with Gasteiger partial charge in [-0.15, -0.1) is 0 Å². The highest BCUT2D eigenvalue weighted by Gasteiger charge is 2.43. The van der Waals surface area contributed by atoms with E-state index in [1.165, 1.54) is 42.6 Å². The number of hydrogen-bond donors (Lipinski definition) is 1. The van der Waals surface area contributed by atoms with Crippen LogP contribution < -0.4 is 5.32 Å². The zero-order chi connectivity index (χ0) is 19.4. The van der Waals surface area contributed by atoms with Crippen molar-refractivity contribution in [1.82, 2.24) is 15.3 Å². The van der Waals surface area contributed by atoms with Crippen molar-refractivity contribution in [3.05, 3.63) is 59.7 Å². The first-order valence-corrected chi connectivity index (χ1v) is 8.56. The summed E-state index contributed by atoms with van der Waals surface area (Å²) < 4.78 is 45.7. The van der Waals surface area contributed by atoms with Gasteiger partial charge in [0.2, 0.25) is 0 Å². The van der Waals surface area contributed by atoms with Crippen LogP contribution in [0.4, 0.5) is 13.2 Å². The Labute approximate surface area is 153 Å². The predicted octanol–water partition coefficient (Wildman–Crippen LogP) is 4.60. The average molecular weight is 377 g/mol. The minimum atomic E-state index is -4.67. The molecule has 1 unspecified atom stereocenters. The Morgan fingerprint density at radius 1 is 1.26 bits per heavy atom. The van der Waals surface area contributed by atoms with Crippen molar-refractivity contribution in [2.24, 2.45) is 0 Å². The van der Waals surface area contributed by atoms with E-state index in [4.69, 9.17) is 4.42 Å². The van der Waals surface area contributed by atoms with Crippen molar-refractivity contribution in [1.29, 1.82) is 0 Å². The van der Waals surface area contributed by atoms with Gasteiger partial charge < -0.3 is 9.73 Å². The van der Waals surface area contributed by atoms with Crippen LogP contribution in [0.25, 0.3) is 11.1 Å². The fraction of sp³-hybridized carbons (Fsp3) is 0.316. The number of aromatic nitrogens is 2. The summed E-state index contributed by atoms with van der Waals surface area (Å²) in [5.41, 5.74) is 0.732. The average Bonchev–Trinajstić information content (AvgIpc) is 3.06. The van der Waals surface area contributed by atoms with Crippen LogP contribution in [-0.4, -0.2) is 22.1 Å². The van der Waals surface area contributed by atoms with Crippen LogP contribution >= 0.6 is 0 Å². The summed E-state index contributed by atoms with van der Waals surface area (Å²) in [6.45, 7) is 2.05.